The SMILES string of the molecule is CSc1ccc(/C=C/C(=O)N(C)CC(=O)Nc2ccc(N3CCOCC3)cc2)cc1. The zero-order chi connectivity index (χ0) is 21.3. The molecule has 0 unspecified atom stereocenters. The van der Waals surface area contributed by atoms with Crippen molar-refractivity contribution in [2.45, 2.75) is 4.90 Å². The van der Waals surface area contributed by atoms with E-state index in [1.807, 2.05) is 54.8 Å². The molecule has 2 aromatic rings. The number of hydrogen-bond donors (Lipinski definition) is 1. The molecule has 158 valence electrons. The average molecular weight is 426 g/mol. The number of anilines is 2. The van der Waals surface area contributed by atoms with Gasteiger partial charge < -0.3 is 19.9 Å². The molecular weight excluding hydrogens is 398 g/mol. The number of nitrogens with zero attached hydrogens (tertiary/aromatic N) is 2. The molecule has 2 amide bonds. The standard InChI is InChI=1S/C23H27N3O3S/c1-25(23(28)12-5-18-3-10-21(30-2)11-4-18)17-22(27)24-19-6-8-20(9-7-19)26-13-15-29-16-14-26/h3-12H,13-17H2,1-2H3,(H,24,27)/b12-5+. The Labute approximate surface area is 181 Å². The van der Waals surface area contributed by atoms with Crippen LogP contribution < -0.4 is 10.2 Å². The van der Waals surface area contributed by atoms with E-state index in [9.17, 15) is 9.59 Å². The Morgan fingerprint density at radius 2 is 1.77 bits per heavy atom. The number of nitrogens with one attached hydrogen (secondary N) is 1. The Kier molecular flexibility index (Phi) is 7.93. The molecule has 30 heavy (non-hydrogen) atoms. The van der Waals surface area contributed by atoms with E-state index >= 15 is 0 Å². The molecule has 1 aliphatic rings. The molecule has 0 atom stereocenters. The molecule has 1 aliphatic heterocycles. The minimum atomic E-state index is -0.234. The summed E-state index contributed by atoms with van der Waals surface area (Å²) < 4.78 is 5.37. The van der Waals surface area contributed by atoms with Crippen LogP contribution in [0.3, 0.4) is 0 Å². The third-order valence-electron chi connectivity index (χ3n) is 4.82. The van der Waals surface area contributed by atoms with Gasteiger partial charge in [0.05, 0.1) is 19.8 Å². The Hall–Kier alpha value is -2.77. The Morgan fingerprint density at radius 3 is 2.40 bits per heavy atom. The molecule has 0 radical (unpaired) electrons. The largest absolute Gasteiger partial charge is 0.378 e. The third-order valence-corrected chi connectivity index (χ3v) is 5.56. The second-order valence-electron chi connectivity index (χ2n) is 7.00. The van der Waals surface area contributed by atoms with Gasteiger partial charge in [-0.25, -0.2) is 0 Å². The van der Waals surface area contributed by atoms with Crippen LogP contribution in [0, 0.1) is 0 Å². The van der Waals surface area contributed by atoms with Crippen LogP contribution in [0.25, 0.3) is 6.08 Å². The summed E-state index contributed by atoms with van der Waals surface area (Å²) in [7, 11) is 1.62. The first-order valence-corrected chi connectivity index (χ1v) is 11.1. The van der Waals surface area contributed by atoms with Gasteiger partial charge in [0.1, 0.15) is 0 Å². The predicted molar refractivity (Wildman–Crippen MR) is 123 cm³/mol. The number of benzene rings is 2. The number of carbonyl (C=O) groups is 2. The number of thioether (sulfide) groups is 1. The van der Waals surface area contributed by atoms with Crippen molar-refractivity contribution >= 4 is 41.0 Å². The minimum absolute atomic E-state index is 0.0141. The minimum Gasteiger partial charge on any atom is -0.378 e. The lowest BCUT2D eigenvalue weighted by Gasteiger charge is -2.28. The van der Waals surface area contributed by atoms with E-state index in [0.717, 1.165) is 37.6 Å². The highest BCUT2D eigenvalue weighted by Gasteiger charge is 2.13. The van der Waals surface area contributed by atoms with E-state index in [1.165, 1.54) is 15.9 Å². The zero-order valence-corrected chi connectivity index (χ0v) is 18.2. The Bertz CT molecular complexity index is 876. The van der Waals surface area contributed by atoms with Crippen LogP contribution in [-0.2, 0) is 14.3 Å². The van der Waals surface area contributed by atoms with Gasteiger partial charge in [-0.15, -0.1) is 11.8 Å². The first kappa shape index (κ1) is 21.9. The fourth-order valence-electron chi connectivity index (χ4n) is 3.08. The fraction of sp³-hybridized carbons (Fsp3) is 0.304. The lowest BCUT2D eigenvalue weighted by Crippen LogP contribution is -2.36. The number of likely N-dealkylation sites (N-methyl/N-ethyl adjacent to an activating group) is 1. The highest BCUT2D eigenvalue weighted by atomic mass is 32.2. The summed E-state index contributed by atoms with van der Waals surface area (Å²) >= 11 is 1.67. The molecule has 0 aromatic heterocycles. The Morgan fingerprint density at radius 1 is 1.10 bits per heavy atom. The van der Waals surface area contributed by atoms with Gasteiger partial charge >= 0.3 is 0 Å². The maximum absolute atomic E-state index is 12.3. The lowest BCUT2D eigenvalue weighted by molar-refractivity contribution is -0.129. The van der Waals surface area contributed by atoms with Crippen molar-refractivity contribution in [3.63, 3.8) is 0 Å². The second kappa shape index (κ2) is 10.8. The molecule has 1 saturated heterocycles. The molecule has 0 aliphatic carbocycles. The van der Waals surface area contributed by atoms with E-state index in [-0.39, 0.29) is 18.4 Å². The zero-order valence-electron chi connectivity index (χ0n) is 17.3. The number of hydrogen-bond acceptors (Lipinski definition) is 5. The smallest absolute Gasteiger partial charge is 0.246 e. The van der Waals surface area contributed by atoms with E-state index in [0.29, 0.717) is 5.69 Å². The predicted octanol–water partition coefficient (Wildman–Crippen LogP) is 3.36. The van der Waals surface area contributed by atoms with Crippen molar-refractivity contribution in [1.29, 1.82) is 0 Å². The second-order valence-corrected chi connectivity index (χ2v) is 7.87. The molecule has 1 heterocycles. The van der Waals surface area contributed by atoms with E-state index in [2.05, 4.69) is 10.2 Å². The first-order chi connectivity index (χ1) is 14.5. The van der Waals surface area contributed by atoms with Crippen molar-refractivity contribution in [2.75, 3.05) is 56.4 Å². The lowest BCUT2D eigenvalue weighted by atomic mass is 10.2. The summed E-state index contributed by atoms with van der Waals surface area (Å²) in [4.78, 5) is 29.4. The normalized spacial score (nSPS) is 14.0. The van der Waals surface area contributed by atoms with Crippen molar-refractivity contribution in [1.82, 2.24) is 4.90 Å². The van der Waals surface area contributed by atoms with Crippen LogP contribution in [0.15, 0.2) is 59.5 Å². The van der Waals surface area contributed by atoms with Crippen LogP contribution in [-0.4, -0.2) is 62.9 Å². The molecule has 0 bridgehead atoms. The third kappa shape index (κ3) is 6.37. The Balaban J connectivity index is 1.48. The fourth-order valence-corrected chi connectivity index (χ4v) is 3.49. The quantitative estimate of drug-likeness (QED) is 0.545. The van der Waals surface area contributed by atoms with Crippen LogP contribution in [0.2, 0.25) is 0 Å². The molecule has 2 aromatic carbocycles. The highest BCUT2D eigenvalue weighted by molar-refractivity contribution is 7.98. The average Bonchev–Trinajstić information content (AvgIpc) is 2.78. The molecular formula is C23H27N3O3S. The molecule has 7 heteroatoms. The van der Waals surface area contributed by atoms with Crippen LogP contribution >= 0.6 is 11.8 Å². The molecule has 0 spiro atoms. The summed E-state index contributed by atoms with van der Waals surface area (Å²) in [5, 5.41) is 2.84. The summed E-state index contributed by atoms with van der Waals surface area (Å²) in [5.74, 6) is -0.454. The van der Waals surface area contributed by atoms with Crippen molar-refractivity contribution in [3.05, 3.63) is 60.2 Å². The number of morpholine rings is 1. The van der Waals surface area contributed by atoms with Crippen LogP contribution in [0.5, 0.6) is 0 Å². The molecule has 0 saturated carbocycles. The van der Waals surface area contributed by atoms with Crippen molar-refractivity contribution < 1.29 is 14.3 Å². The number of amides is 2. The van der Waals surface area contributed by atoms with Gasteiger partial charge in [-0.1, -0.05) is 12.1 Å². The van der Waals surface area contributed by atoms with Gasteiger partial charge in [-0.2, -0.15) is 0 Å². The van der Waals surface area contributed by atoms with Crippen molar-refractivity contribution in [2.24, 2.45) is 0 Å². The summed E-state index contributed by atoms with van der Waals surface area (Å²) in [6.07, 6.45) is 5.26. The maximum atomic E-state index is 12.3. The van der Waals surface area contributed by atoms with Gasteiger partial charge in [0, 0.05) is 42.5 Å². The van der Waals surface area contributed by atoms with Gasteiger partial charge in [-0.3, -0.25) is 9.59 Å². The molecule has 3 rings (SSSR count). The van der Waals surface area contributed by atoms with Crippen LogP contribution in [0.1, 0.15) is 5.56 Å². The molecule has 6 nitrogen and oxygen atoms in total. The number of ether oxygens (including phenoxy) is 1. The van der Waals surface area contributed by atoms with E-state index in [1.54, 1.807) is 24.9 Å². The summed E-state index contributed by atoms with van der Waals surface area (Å²) in [6, 6.07) is 15.7. The first-order valence-electron chi connectivity index (χ1n) is 9.85. The molecule has 1 N–H and O–H groups in total. The molecule has 1 fully saturated rings. The topological polar surface area (TPSA) is 61.9 Å². The van der Waals surface area contributed by atoms with Gasteiger partial charge in [-0.05, 0) is 54.3 Å². The van der Waals surface area contributed by atoms with Gasteiger partial charge in [0.2, 0.25) is 11.8 Å². The van der Waals surface area contributed by atoms with Gasteiger partial charge in [0.15, 0.2) is 0 Å². The van der Waals surface area contributed by atoms with Crippen LogP contribution in [0.4, 0.5) is 11.4 Å². The number of rotatable bonds is 7. The summed E-state index contributed by atoms with van der Waals surface area (Å²) in [6.45, 7) is 3.19. The van der Waals surface area contributed by atoms with Gasteiger partial charge in [0.25, 0.3) is 0 Å². The highest BCUT2D eigenvalue weighted by Crippen LogP contribution is 2.19. The number of carbonyl (C=O) groups excluding carboxylic acids is 2. The monoisotopic (exact) mass is 425 g/mol. The van der Waals surface area contributed by atoms with Crippen molar-refractivity contribution in [3.8, 4) is 0 Å². The van der Waals surface area contributed by atoms with E-state index in [4.69, 9.17) is 4.74 Å². The maximum Gasteiger partial charge on any atom is 0.246 e. The van der Waals surface area contributed by atoms with E-state index < -0.39 is 0 Å². The summed E-state index contributed by atoms with van der Waals surface area (Å²) in [5.41, 5.74) is 2.76.